The highest BCUT2D eigenvalue weighted by Crippen LogP contribution is 2.43. The quantitative estimate of drug-likeness (QED) is 0.193. The molecule has 2 aromatic carbocycles. The molecule has 0 amide bonds. The minimum absolute atomic E-state index is 0.0895. The van der Waals surface area contributed by atoms with Gasteiger partial charge in [-0.25, -0.2) is 4.68 Å². The van der Waals surface area contributed by atoms with Crippen molar-refractivity contribution < 1.29 is 27.4 Å². The second kappa shape index (κ2) is 13.4. The van der Waals surface area contributed by atoms with Crippen LogP contribution >= 0.6 is 23.2 Å². The van der Waals surface area contributed by atoms with Crippen molar-refractivity contribution in [2.24, 2.45) is 5.41 Å². The molecule has 2 aliphatic rings. The minimum atomic E-state index is -4.87. The van der Waals surface area contributed by atoms with Crippen LogP contribution < -0.4 is 20.7 Å². The van der Waals surface area contributed by atoms with Crippen LogP contribution in [0, 0.1) is 12.3 Å². The number of rotatable bonds is 8. The van der Waals surface area contributed by atoms with E-state index in [0.717, 1.165) is 12.8 Å². The summed E-state index contributed by atoms with van der Waals surface area (Å²) in [7, 11) is 0. The number of benzene rings is 2. The number of esters is 1. The predicted molar refractivity (Wildman–Crippen MR) is 177 cm³/mol. The first-order valence-corrected chi connectivity index (χ1v) is 16.2. The van der Waals surface area contributed by atoms with Gasteiger partial charge < -0.3 is 25.4 Å². The number of carbonyl (C=O) groups is 1. The van der Waals surface area contributed by atoms with Crippen LogP contribution in [0.25, 0.3) is 16.8 Å². The Balaban J connectivity index is 1.30. The normalized spacial score (nSPS) is 18.2. The Hall–Kier alpha value is -4.07. The van der Waals surface area contributed by atoms with Crippen molar-refractivity contribution in [3.05, 3.63) is 76.0 Å². The summed E-state index contributed by atoms with van der Waals surface area (Å²) in [5.74, 6) is -0.447. The molecule has 0 bridgehead atoms. The van der Waals surface area contributed by atoms with E-state index in [1.807, 2.05) is 4.90 Å². The van der Waals surface area contributed by atoms with Gasteiger partial charge in [0.2, 0.25) is 17.9 Å². The molecule has 0 aliphatic carbocycles. The fourth-order valence-electron chi connectivity index (χ4n) is 6.38. The maximum atomic E-state index is 15.0. The number of piperidine rings is 1. The number of nitrogens with one attached hydrogen (secondary N) is 1. The van der Waals surface area contributed by atoms with Crippen LogP contribution in [0.4, 0.5) is 24.9 Å². The summed E-state index contributed by atoms with van der Waals surface area (Å²) in [4.78, 5) is 22.6. The van der Waals surface area contributed by atoms with Crippen LogP contribution in [0.5, 0.6) is 5.88 Å². The maximum Gasteiger partial charge on any atom is 0.429 e. The van der Waals surface area contributed by atoms with Crippen molar-refractivity contribution in [2.75, 3.05) is 36.9 Å². The number of nitrogens with zero attached hydrogens (tertiary/aromatic N) is 5. The molecule has 0 unspecified atom stereocenters. The van der Waals surface area contributed by atoms with Gasteiger partial charge >= 0.3 is 12.1 Å². The molecule has 10 nitrogen and oxygen atoms in total. The summed E-state index contributed by atoms with van der Waals surface area (Å²) in [5, 5.41) is 8.22. The molecule has 254 valence electrons. The third-order valence-electron chi connectivity index (χ3n) is 8.85. The van der Waals surface area contributed by atoms with Crippen LogP contribution in [0.1, 0.15) is 43.5 Å². The number of hydrogen-bond donors (Lipinski definition) is 2. The molecule has 4 heterocycles. The zero-order chi connectivity index (χ0) is 34.2. The maximum absolute atomic E-state index is 15.0. The summed E-state index contributed by atoms with van der Waals surface area (Å²) < 4.78 is 57.2. The van der Waals surface area contributed by atoms with E-state index in [1.54, 1.807) is 56.4 Å². The van der Waals surface area contributed by atoms with E-state index in [0.29, 0.717) is 60.3 Å². The van der Waals surface area contributed by atoms with Crippen LogP contribution in [0.15, 0.2) is 54.7 Å². The lowest BCUT2D eigenvalue weighted by molar-refractivity contribution is -0.198. The smallest absolute Gasteiger partial charge is 0.429 e. The number of carbonyl (C=O) groups excluding carboxylic acids is 1. The van der Waals surface area contributed by atoms with Gasteiger partial charge in [-0.15, -0.1) is 0 Å². The highest BCUT2D eigenvalue weighted by molar-refractivity contribution is 6.42. The Bertz CT molecular complexity index is 1810. The standard InChI is InChI=1S/C33H34Cl2F3N7O3/c1-3-47-30(46)25-17-32(18-40-25)9-12-44(13-10-32)27-16-28(42-31(39)41-27)48-29(33(36,37)38)22-14-20(21-4-6-23(34)24(35)15-21)5-7-26(22)45-11-8-19(2)43-45/h4-8,11,14-16,25,29,40H,3,9-10,12-13,17-18H2,1-2H3,(H2,39,41,42)/t25-,29+/m0/s1. The summed E-state index contributed by atoms with van der Waals surface area (Å²) in [6.07, 6.45) is -3.58. The zero-order valence-corrected chi connectivity index (χ0v) is 27.7. The van der Waals surface area contributed by atoms with Gasteiger partial charge in [0.15, 0.2) is 0 Å². The number of aromatic nitrogens is 4. The number of nitrogens with two attached hydrogens (primary N) is 1. The van der Waals surface area contributed by atoms with Crippen molar-refractivity contribution in [3.8, 4) is 22.7 Å². The van der Waals surface area contributed by atoms with E-state index < -0.39 is 12.3 Å². The third kappa shape index (κ3) is 7.18. The van der Waals surface area contributed by atoms with E-state index in [2.05, 4.69) is 20.4 Å². The van der Waals surface area contributed by atoms with E-state index >= 15 is 0 Å². The van der Waals surface area contributed by atoms with Gasteiger partial charge in [0.25, 0.3) is 0 Å². The van der Waals surface area contributed by atoms with Gasteiger partial charge in [-0.05, 0) is 80.0 Å². The average Bonchev–Trinajstić information content (AvgIpc) is 3.67. The summed E-state index contributed by atoms with van der Waals surface area (Å²) in [6, 6.07) is 12.2. The van der Waals surface area contributed by atoms with E-state index in [9.17, 15) is 18.0 Å². The van der Waals surface area contributed by atoms with Crippen molar-refractivity contribution in [1.82, 2.24) is 25.1 Å². The van der Waals surface area contributed by atoms with Crippen molar-refractivity contribution in [1.29, 1.82) is 0 Å². The molecule has 0 radical (unpaired) electrons. The minimum Gasteiger partial charge on any atom is -0.465 e. The molecule has 1 spiro atoms. The number of halogens is 5. The molecule has 0 saturated carbocycles. The molecule has 4 aromatic rings. The molecule has 2 fully saturated rings. The Morgan fingerprint density at radius 1 is 1.08 bits per heavy atom. The van der Waals surface area contributed by atoms with E-state index in [-0.39, 0.29) is 45.5 Å². The Labute approximate surface area is 285 Å². The first-order valence-electron chi connectivity index (χ1n) is 15.5. The number of alkyl halides is 3. The molecule has 2 aromatic heterocycles. The lowest BCUT2D eigenvalue weighted by atomic mass is 9.76. The number of nitrogen functional groups attached to an aromatic ring is 1. The second-order valence-electron chi connectivity index (χ2n) is 12.1. The molecule has 48 heavy (non-hydrogen) atoms. The average molecular weight is 705 g/mol. The lowest BCUT2D eigenvalue weighted by Crippen LogP contribution is -2.41. The van der Waals surface area contributed by atoms with Gasteiger partial charge in [0.05, 0.1) is 28.0 Å². The number of ether oxygens (including phenoxy) is 2. The topological polar surface area (TPSA) is 120 Å². The first-order chi connectivity index (χ1) is 22.8. The summed E-state index contributed by atoms with van der Waals surface area (Å²) >= 11 is 12.3. The number of hydrogen-bond acceptors (Lipinski definition) is 9. The van der Waals surface area contributed by atoms with Crippen molar-refractivity contribution in [2.45, 2.75) is 51.4 Å². The molecule has 2 saturated heterocycles. The fraction of sp³-hybridized carbons (Fsp3) is 0.394. The van der Waals surface area contributed by atoms with Crippen LogP contribution in [-0.2, 0) is 9.53 Å². The molecule has 6 rings (SSSR count). The summed E-state index contributed by atoms with van der Waals surface area (Å²) in [5.41, 5.74) is 7.57. The summed E-state index contributed by atoms with van der Waals surface area (Å²) in [6.45, 7) is 5.64. The number of anilines is 2. The number of aryl methyl sites for hydroxylation is 1. The predicted octanol–water partition coefficient (Wildman–Crippen LogP) is 6.72. The van der Waals surface area contributed by atoms with Crippen molar-refractivity contribution >= 4 is 40.9 Å². The van der Waals surface area contributed by atoms with E-state index in [4.69, 9.17) is 38.4 Å². The molecule has 3 N–H and O–H groups in total. The molecule has 15 heteroatoms. The molecular formula is C33H34Cl2F3N7O3. The third-order valence-corrected chi connectivity index (χ3v) is 9.59. The van der Waals surface area contributed by atoms with Gasteiger partial charge in [-0.1, -0.05) is 35.3 Å². The largest absolute Gasteiger partial charge is 0.465 e. The Morgan fingerprint density at radius 2 is 1.81 bits per heavy atom. The van der Waals surface area contributed by atoms with Gasteiger partial charge in [0, 0.05) is 37.5 Å². The Morgan fingerprint density at radius 3 is 2.48 bits per heavy atom. The molecule has 2 atom stereocenters. The first kappa shape index (κ1) is 33.8. The van der Waals surface area contributed by atoms with Gasteiger partial charge in [-0.2, -0.15) is 28.2 Å². The fourth-order valence-corrected chi connectivity index (χ4v) is 6.67. The van der Waals surface area contributed by atoms with Crippen LogP contribution in [-0.4, -0.2) is 64.2 Å². The van der Waals surface area contributed by atoms with Crippen LogP contribution in [0.2, 0.25) is 10.0 Å². The second-order valence-corrected chi connectivity index (χ2v) is 13.0. The molecular weight excluding hydrogens is 670 g/mol. The van der Waals surface area contributed by atoms with Crippen molar-refractivity contribution in [3.63, 3.8) is 0 Å². The lowest BCUT2D eigenvalue weighted by Gasteiger charge is -2.39. The van der Waals surface area contributed by atoms with Crippen LogP contribution in [0.3, 0.4) is 0 Å². The van der Waals surface area contributed by atoms with Gasteiger partial charge in [0.1, 0.15) is 11.9 Å². The highest BCUT2D eigenvalue weighted by Gasteiger charge is 2.46. The molecule has 2 aliphatic heterocycles. The SMILES string of the molecule is CCOC(=O)[C@@H]1CC2(CCN(c3cc(O[C@H](c4cc(-c5ccc(Cl)c(Cl)c5)ccc4-n4ccc(C)n4)C(F)(F)F)nc(N)n3)CC2)CN1. The monoisotopic (exact) mass is 703 g/mol. The highest BCUT2D eigenvalue weighted by atomic mass is 35.5. The van der Waals surface area contributed by atoms with Gasteiger partial charge in [-0.3, -0.25) is 4.79 Å². The van der Waals surface area contributed by atoms with E-state index in [1.165, 1.54) is 16.8 Å². The Kier molecular flexibility index (Phi) is 9.47. The zero-order valence-electron chi connectivity index (χ0n) is 26.2.